The van der Waals surface area contributed by atoms with Crippen molar-refractivity contribution >= 4 is 34.8 Å². The highest BCUT2D eigenvalue weighted by molar-refractivity contribution is 6.31. The summed E-state index contributed by atoms with van der Waals surface area (Å²) in [6.07, 6.45) is 2.64. The van der Waals surface area contributed by atoms with E-state index in [4.69, 9.17) is 4.74 Å². The molecular weight excluding hydrogens is 418 g/mol. The van der Waals surface area contributed by atoms with E-state index in [0.717, 1.165) is 34.3 Å². The van der Waals surface area contributed by atoms with E-state index in [1.165, 1.54) is 5.56 Å². The van der Waals surface area contributed by atoms with Gasteiger partial charge in [-0.25, -0.2) is 4.79 Å². The molecule has 1 aliphatic rings. The number of ether oxygens (including phenoxy) is 1. The van der Waals surface area contributed by atoms with Crippen LogP contribution in [0.5, 0.6) is 5.75 Å². The largest absolute Gasteiger partial charge is 0.492 e. The molecule has 2 heterocycles. The number of carbonyl (C=O) groups is 3. The van der Waals surface area contributed by atoms with Crippen molar-refractivity contribution in [3.63, 3.8) is 0 Å². The van der Waals surface area contributed by atoms with Crippen LogP contribution >= 0.6 is 0 Å². The van der Waals surface area contributed by atoms with Gasteiger partial charge < -0.3 is 9.30 Å². The standard InChI is InChI=1S/C26H27N3O4/c1-4-16(2)18-9-11-19(12-10-18)33-14-13-29-17(3)21(20-7-5-6-8-23(20)29)15-22-24(30)27-26(32)28-25(22)31/h5-12,15-16H,4,13-14H2,1-3H3,(H2,27,28,30,31,32)/t16-/m0/s1. The van der Waals surface area contributed by atoms with Crippen LogP contribution in [0.1, 0.15) is 43.0 Å². The third kappa shape index (κ3) is 4.53. The van der Waals surface area contributed by atoms with Crippen LogP contribution in [0.2, 0.25) is 0 Å². The van der Waals surface area contributed by atoms with Crippen molar-refractivity contribution in [1.82, 2.24) is 15.2 Å². The number of hydrogen-bond acceptors (Lipinski definition) is 4. The van der Waals surface area contributed by atoms with Gasteiger partial charge in [-0.2, -0.15) is 0 Å². The summed E-state index contributed by atoms with van der Waals surface area (Å²) in [7, 11) is 0. The Labute approximate surface area is 192 Å². The van der Waals surface area contributed by atoms with Gasteiger partial charge in [-0.1, -0.05) is 44.2 Å². The minimum Gasteiger partial charge on any atom is -0.492 e. The highest BCUT2D eigenvalue weighted by Crippen LogP contribution is 2.28. The summed E-state index contributed by atoms with van der Waals surface area (Å²) < 4.78 is 8.10. The van der Waals surface area contributed by atoms with Crippen molar-refractivity contribution in [3.8, 4) is 5.75 Å². The fourth-order valence-corrected chi connectivity index (χ4v) is 4.06. The Kier molecular flexibility index (Phi) is 6.31. The lowest BCUT2D eigenvalue weighted by Gasteiger charge is -2.14. The summed E-state index contributed by atoms with van der Waals surface area (Å²) in [5.74, 6) is -0.0704. The molecule has 1 saturated heterocycles. The smallest absolute Gasteiger partial charge is 0.328 e. The molecule has 1 atom stereocenters. The molecule has 7 nitrogen and oxygen atoms in total. The molecule has 33 heavy (non-hydrogen) atoms. The molecule has 0 bridgehead atoms. The van der Waals surface area contributed by atoms with Crippen molar-refractivity contribution < 1.29 is 19.1 Å². The van der Waals surface area contributed by atoms with Crippen LogP contribution in [0.3, 0.4) is 0 Å². The first-order valence-electron chi connectivity index (χ1n) is 11.1. The van der Waals surface area contributed by atoms with E-state index in [0.29, 0.717) is 19.1 Å². The number of para-hydroxylation sites is 1. The summed E-state index contributed by atoms with van der Waals surface area (Å²) in [5, 5.41) is 5.15. The molecule has 1 aromatic heterocycles. The van der Waals surface area contributed by atoms with E-state index in [9.17, 15) is 14.4 Å². The van der Waals surface area contributed by atoms with Gasteiger partial charge in [-0.05, 0) is 49.1 Å². The fraction of sp³-hybridized carbons (Fsp3) is 0.269. The van der Waals surface area contributed by atoms with Crippen molar-refractivity contribution in [2.75, 3.05) is 6.61 Å². The van der Waals surface area contributed by atoms with Gasteiger partial charge in [0.15, 0.2) is 0 Å². The van der Waals surface area contributed by atoms with Gasteiger partial charge in [-0.3, -0.25) is 20.2 Å². The van der Waals surface area contributed by atoms with E-state index in [-0.39, 0.29) is 5.57 Å². The van der Waals surface area contributed by atoms with Crippen molar-refractivity contribution in [1.29, 1.82) is 0 Å². The minimum atomic E-state index is -0.810. The van der Waals surface area contributed by atoms with E-state index in [1.807, 2.05) is 43.3 Å². The van der Waals surface area contributed by atoms with Gasteiger partial charge in [0.25, 0.3) is 11.8 Å². The van der Waals surface area contributed by atoms with Gasteiger partial charge in [0.05, 0.1) is 6.54 Å². The second-order valence-corrected chi connectivity index (χ2v) is 8.19. The van der Waals surface area contributed by atoms with Crippen LogP contribution in [0.15, 0.2) is 54.1 Å². The summed E-state index contributed by atoms with van der Waals surface area (Å²) >= 11 is 0. The predicted octanol–water partition coefficient (Wildman–Crippen LogP) is 4.29. The number of nitrogens with zero attached hydrogens (tertiary/aromatic N) is 1. The molecule has 170 valence electrons. The highest BCUT2D eigenvalue weighted by atomic mass is 16.5. The maximum Gasteiger partial charge on any atom is 0.328 e. The van der Waals surface area contributed by atoms with Gasteiger partial charge in [-0.15, -0.1) is 0 Å². The zero-order valence-electron chi connectivity index (χ0n) is 19.0. The first kappa shape index (κ1) is 22.3. The average molecular weight is 446 g/mol. The molecule has 3 aromatic rings. The number of benzene rings is 2. The lowest BCUT2D eigenvalue weighted by atomic mass is 9.99. The van der Waals surface area contributed by atoms with Crippen LogP contribution in [0.25, 0.3) is 17.0 Å². The number of amides is 4. The lowest BCUT2D eigenvalue weighted by Crippen LogP contribution is -2.51. The van der Waals surface area contributed by atoms with Crippen molar-refractivity contribution in [2.24, 2.45) is 0 Å². The van der Waals surface area contributed by atoms with Crippen LogP contribution in [0.4, 0.5) is 4.79 Å². The normalized spacial score (nSPS) is 14.8. The Bertz CT molecular complexity index is 1230. The first-order chi connectivity index (χ1) is 15.9. The number of imide groups is 2. The second kappa shape index (κ2) is 9.32. The minimum absolute atomic E-state index is 0.0988. The number of aromatic nitrogens is 1. The highest BCUT2D eigenvalue weighted by Gasteiger charge is 2.28. The summed E-state index contributed by atoms with van der Waals surface area (Å²) in [6.45, 7) is 7.39. The molecule has 2 N–H and O–H groups in total. The third-order valence-corrected chi connectivity index (χ3v) is 6.16. The van der Waals surface area contributed by atoms with Crippen LogP contribution in [0, 0.1) is 6.92 Å². The molecule has 0 aliphatic carbocycles. The van der Waals surface area contributed by atoms with Crippen molar-refractivity contribution in [2.45, 2.75) is 39.7 Å². The van der Waals surface area contributed by atoms with Gasteiger partial charge in [0, 0.05) is 22.2 Å². The molecule has 4 amide bonds. The molecular formula is C26H27N3O4. The monoisotopic (exact) mass is 445 g/mol. The number of nitrogens with one attached hydrogen (secondary N) is 2. The van der Waals surface area contributed by atoms with Crippen LogP contribution < -0.4 is 15.4 Å². The predicted molar refractivity (Wildman–Crippen MR) is 127 cm³/mol. The Balaban J connectivity index is 1.57. The number of fused-ring (bicyclic) bond motifs is 1. The summed E-state index contributed by atoms with van der Waals surface area (Å²) in [5.41, 5.74) is 3.84. The molecule has 0 spiro atoms. The quantitative estimate of drug-likeness (QED) is 0.419. The Morgan fingerprint density at radius 1 is 1.00 bits per heavy atom. The summed E-state index contributed by atoms with van der Waals surface area (Å²) in [4.78, 5) is 35.8. The number of barbiturate groups is 1. The Morgan fingerprint density at radius 3 is 2.33 bits per heavy atom. The van der Waals surface area contributed by atoms with Crippen LogP contribution in [-0.2, 0) is 16.1 Å². The molecule has 2 aromatic carbocycles. The van der Waals surface area contributed by atoms with E-state index < -0.39 is 17.8 Å². The van der Waals surface area contributed by atoms with E-state index in [1.54, 1.807) is 6.08 Å². The fourth-order valence-electron chi connectivity index (χ4n) is 4.06. The van der Waals surface area contributed by atoms with Gasteiger partial charge in [0.2, 0.25) is 0 Å². The lowest BCUT2D eigenvalue weighted by molar-refractivity contribution is -0.123. The van der Waals surface area contributed by atoms with Crippen LogP contribution in [-0.4, -0.2) is 29.0 Å². The van der Waals surface area contributed by atoms with E-state index in [2.05, 4.69) is 41.2 Å². The Hall–Kier alpha value is -3.87. The number of hydrogen-bond donors (Lipinski definition) is 2. The molecule has 0 unspecified atom stereocenters. The number of urea groups is 1. The van der Waals surface area contributed by atoms with Gasteiger partial charge in [0.1, 0.15) is 17.9 Å². The molecule has 1 aliphatic heterocycles. The zero-order chi connectivity index (χ0) is 23.5. The molecule has 0 radical (unpaired) electrons. The maximum atomic E-state index is 12.2. The maximum absolute atomic E-state index is 12.2. The topological polar surface area (TPSA) is 89.4 Å². The Morgan fingerprint density at radius 2 is 1.67 bits per heavy atom. The summed E-state index contributed by atoms with van der Waals surface area (Å²) in [6, 6.07) is 15.2. The third-order valence-electron chi connectivity index (χ3n) is 6.16. The first-order valence-corrected chi connectivity index (χ1v) is 11.1. The molecule has 4 rings (SSSR count). The second-order valence-electron chi connectivity index (χ2n) is 8.19. The number of carbonyl (C=O) groups excluding carboxylic acids is 3. The SMILES string of the molecule is CC[C@H](C)c1ccc(OCCn2c(C)c(C=C3C(=O)NC(=O)NC3=O)c3ccccc32)cc1. The molecule has 1 fully saturated rings. The van der Waals surface area contributed by atoms with E-state index >= 15 is 0 Å². The zero-order valence-corrected chi connectivity index (χ0v) is 19.0. The molecule has 0 saturated carbocycles. The average Bonchev–Trinajstić information content (AvgIpc) is 3.07. The van der Waals surface area contributed by atoms with Gasteiger partial charge >= 0.3 is 6.03 Å². The number of rotatable bonds is 7. The molecule has 7 heteroatoms. The van der Waals surface area contributed by atoms with Crippen molar-refractivity contribution in [3.05, 3.63) is 70.9 Å².